The lowest BCUT2D eigenvalue weighted by Crippen LogP contribution is -2.54. The number of halogens is 3. The van der Waals surface area contributed by atoms with Gasteiger partial charge in [-0.2, -0.15) is 0 Å². The molecule has 2 aromatic rings. The number of ether oxygens (including phenoxy) is 2. The van der Waals surface area contributed by atoms with Crippen LogP contribution in [0.2, 0.25) is 10.0 Å². The first kappa shape index (κ1) is 32.9. The van der Waals surface area contributed by atoms with Crippen LogP contribution >= 0.6 is 45.8 Å². The van der Waals surface area contributed by atoms with E-state index in [1.165, 1.54) is 24.2 Å². The summed E-state index contributed by atoms with van der Waals surface area (Å²) in [6, 6.07) is 7.24. The van der Waals surface area contributed by atoms with Gasteiger partial charge in [0.15, 0.2) is 11.5 Å². The molecular weight excluding hydrogens is 686 g/mol. The minimum Gasteiger partial charge on any atom is -0.493 e. The highest BCUT2D eigenvalue weighted by atomic mass is 127. The summed E-state index contributed by atoms with van der Waals surface area (Å²) in [7, 11) is 1.42. The Kier molecular flexibility index (Phi) is 12.5. The molecule has 0 bridgehead atoms. The highest BCUT2D eigenvalue weighted by Gasteiger charge is 2.41. The predicted molar refractivity (Wildman–Crippen MR) is 165 cm³/mol. The van der Waals surface area contributed by atoms with Gasteiger partial charge in [0.25, 0.3) is 0 Å². The number of hydrogen-bond acceptors (Lipinski definition) is 7. The zero-order valence-corrected chi connectivity index (χ0v) is 26.0. The van der Waals surface area contributed by atoms with E-state index in [0.29, 0.717) is 37.4 Å². The van der Waals surface area contributed by atoms with Crippen LogP contribution in [0.1, 0.15) is 35.2 Å². The molecule has 0 aromatic heterocycles. The smallest absolute Gasteiger partial charge is 0.247 e. The van der Waals surface area contributed by atoms with Gasteiger partial charge in [-0.25, -0.2) is 0 Å². The summed E-state index contributed by atoms with van der Waals surface area (Å²) >= 11 is 14.3. The molecular formula is C29H31Cl2IN2O7. The van der Waals surface area contributed by atoms with Crippen molar-refractivity contribution in [1.82, 2.24) is 10.2 Å². The number of aliphatic hydroxyl groups excluding tert-OH is 2. The number of rotatable bonds is 13. The average Bonchev–Trinajstić information content (AvgIpc) is 2.96. The molecule has 0 heterocycles. The van der Waals surface area contributed by atoms with E-state index in [-0.39, 0.29) is 55.5 Å². The molecule has 0 radical (unpaired) electrons. The number of aliphatic hydroxyl groups is 2. The summed E-state index contributed by atoms with van der Waals surface area (Å²) in [4.78, 5) is 39.4. The molecule has 0 spiro atoms. The number of hydrogen-bond donors (Lipinski definition) is 3. The van der Waals surface area contributed by atoms with Gasteiger partial charge in [0, 0.05) is 37.1 Å². The Balaban J connectivity index is 2.05. The zero-order valence-electron chi connectivity index (χ0n) is 22.3. The van der Waals surface area contributed by atoms with E-state index in [2.05, 4.69) is 11.9 Å². The van der Waals surface area contributed by atoms with E-state index in [4.69, 9.17) is 32.7 Å². The number of aldehydes is 1. The van der Waals surface area contributed by atoms with E-state index < -0.39 is 24.2 Å². The molecule has 0 fully saturated rings. The third-order valence-electron chi connectivity index (χ3n) is 6.48. The summed E-state index contributed by atoms with van der Waals surface area (Å²) in [5.41, 5.74) is 1.33. The van der Waals surface area contributed by atoms with Gasteiger partial charge in [-0.15, -0.1) is 6.58 Å². The number of methoxy groups -OCH3 is 1. The second-order valence-electron chi connectivity index (χ2n) is 9.27. The van der Waals surface area contributed by atoms with Crippen molar-refractivity contribution in [2.75, 3.05) is 20.3 Å². The van der Waals surface area contributed by atoms with Gasteiger partial charge in [0.05, 0.1) is 33.4 Å². The van der Waals surface area contributed by atoms with Crippen LogP contribution in [0.4, 0.5) is 0 Å². The van der Waals surface area contributed by atoms with Crippen molar-refractivity contribution in [3.05, 3.63) is 79.4 Å². The Hall–Kier alpha value is -2.64. The Bertz CT molecular complexity index is 1320. The quantitative estimate of drug-likeness (QED) is 0.160. The lowest BCUT2D eigenvalue weighted by molar-refractivity contribution is -0.139. The van der Waals surface area contributed by atoms with Gasteiger partial charge in [0.1, 0.15) is 18.5 Å². The molecule has 3 rings (SSSR count). The van der Waals surface area contributed by atoms with Gasteiger partial charge < -0.3 is 29.9 Å². The molecule has 3 atom stereocenters. The largest absolute Gasteiger partial charge is 0.493 e. The summed E-state index contributed by atoms with van der Waals surface area (Å²) in [5, 5.41) is 24.2. The van der Waals surface area contributed by atoms with E-state index >= 15 is 0 Å². The molecule has 1 aliphatic rings. The fourth-order valence-electron chi connectivity index (χ4n) is 4.43. The lowest BCUT2D eigenvalue weighted by Gasteiger charge is -2.41. The minimum absolute atomic E-state index is 0.0255. The van der Waals surface area contributed by atoms with Crippen molar-refractivity contribution >= 4 is 63.9 Å². The van der Waals surface area contributed by atoms with E-state index in [1.54, 1.807) is 30.3 Å². The number of carbonyl (C=O) groups excluding carboxylic acids is 3. The highest BCUT2D eigenvalue weighted by molar-refractivity contribution is 14.1. The third kappa shape index (κ3) is 8.45. The molecule has 1 aliphatic carbocycles. The SMILES string of the molecule is C=CCCC(=O)N(Cc1ccc(Cl)c(Cl)c1)C1CC(C(=O)NCCO)=CC(Oc2c(I)cc(C=O)cc2OC)C1O. The van der Waals surface area contributed by atoms with Crippen molar-refractivity contribution in [3.8, 4) is 11.5 Å². The molecule has 3 unspecified atom stereocenters. The maximum atomic E-state index is 13.5. The molecule has 41 heavy (non-hydrogen) atoms. The van der Waals surface area contributed by atoms with Crippen molar-refractivity contribution < 1.29 is 34.1 Å². The monoisotopic (exact) mass is 716 g/mol. The summed E-state index contributed by atoms with van der Waals surface area (Å²) < 4.78 is 12.2. The molecule has 3 N–H and O–H groups in total. The number of allylic oxidation sites excluding steroid dienone is 1. The van der Waals surface area contributed by atoms with E-state index in [9.17, 15) is 24.6 Å². The van der Waals surface area contributed by atoms with Crippen molar-refractivity contribution in [2.24, 2.45) is 0 Å². The lowest BCUT2D eigenvalue weighted by atomic mass is 9.87. The fourth-order valence-corrected chi connectivity index (χ4v) is 5.51. The molecule has 0 saturated heterocycles. The number of amides is 2. The van der Waals surface area contributed by atoms with Crippen LogP contribution in [0.25, 0.3) is 0 Å². The maximum Gasteiger partial charge on any atom is 0.247 e. The number of nitrogens with one attached hydrogen (secondary N) is 1. The summed E-state index contributed by atoms with van der Waals surface area (Å²) in [5.74, 6) is -0.194. The Morgan fingerprint density at radius 2 is 2.00 bits per heavy atom. The van der Waals surface area contributed by atoms with Gasteiger partial charge >= 0.3 is 0 Å². The predicted octanol–water partition coefficient (Wildman–Crippen LogP) is 4.33. The van der Waals surface area contributed by atoms with Gasteiger partial charge in [-0.3, -0.25) is 14.4 Å². The molecule has 0 aliphatic heterocycles. The van der Waals surface area contributed by atoms with E-state index in [1.807, 2.05) is 22.6 Å². The van der Waals surface area contributed by atoms with Crippen LogP contribution in [-0.4, -0.2) is 71.7 Å². The minimum atomic E-state index is -1.26. The first-order valence-electron chi connectivity index (χ1n) is 12.7. The van der Waals surface area contributed by atoms with Crippen molar-refractivity contribution in [2.45, 2.75) is 44.1 Å². The fraction of sp³-hybridized carbons (Fsp3) is 0.345. The normalized spacial score (nSPS) is 18.2. The summed E-state index contributed by atoms with van der Waals surface area (Å²) in [6.45, 7) is 3.55. The van der Waals surface area contributed by atoms with Crippen LogP contribution in [0.3, 0.4) is 0 Å². The van der Waals surface area contributed by atoms with E-state index in [0.717, 1.165) is 0 Å². The Morgan fingerprint density at radius 1 is 1.24 bits per heavy atom. The molecule has 12 heteroatoms. The topological polar surface area (TPSA) is 125 Å². The van der Waals surface area contributed by atoms with Crippen LogP contribution in [0.15, 0.2) is 54.6 Å². The standard InChI is InChI=1S/C29H31Cl2IN2O7/c1-3-4-5-26(37)34(15-17-6-7-20(30)21(31)10-17)23-13-19(29(39)33-8-9-35)14-24(27(23)38)41-28-22(32)11-18(16-36)12-25(28)40-2/h3,6-7,10-12,14,16,23-24,27,35,38H,1,4-5,8-9,13,15H2,2H3,(H,33,39). The molecule has 9 nitrogen and oxygen atoms in total. The second kappa shape index (κ2) is 15.5. The molecule has 0 saturated carbocycles. The van der Waals surface area contributed by atoms with Crippen LogP contribution in [0, 0.1) is 3.57 Å². The summed E-state index contributed by atoms with van der Waals surface area (Å²) in [6.07, 6.45) is 2.05. The zero-order chi connectivity index (χ0) is 30.1. The highest BCUT2D eigenvalue weighted by Crippen LogP contribution is 2.37. The first-order valence-corrected chi connectivity index (χ1v) is 14.6. The van der Waals surface area contributed by atoms with Crippen molar-refractivity contribution in [1.29, 1.82) is 0 Å². The first-order chi connectivity index (χ1) is 19.6. The maximum absolute atomic E-state index is 13.5. The average molecular weight is 717 g/mol. The van der Waals surface area contributed by atoms with Gasteiger partial charge in [0.2, 0.25) is 11.8 Å². The molecule has 220 valence electrons. The Labute approximate surface area is 262 Å². The number of nitrogens with zero attached hydrogens (tertiary/aromatic N) is 1. The Morgan fingerprint density at radius 3 is 2.63 bits per heavy atom. The van der Waals surface area contributed by atoms with Crippen molar-refractivity contribution in [3.63, 3.8) is 0 Å². The second-order valence-corrected chi connectivity index (χ2v) is 11.2. The van der Waals surface area contributed by atoms with Gasteiger partial charge in [-0.05, 0) is 64.9 Å². The van der Waals surface area contributed by atoms with Crippen LogP contribution < -0.4 is 14.8 Å². The number of carbonyl (C=O) groups is 3. The third-order valence-corrected chi connectivity index (χ3v) is 8.02. The molecule has 2 amide bonds. The van der Waals surface area contributed by atoms with Crippen LogP contribution in [0.5, 0.6) is 11.5 Å². The van der Waals surface area contributed by atoms with Crippen LogP contribution in [-0.2, 0) is 16.1 Å². The molecule has 2 aromatic carbocycles. The van der Waals surface area contributed by atoms with Gasteiger partial charge in [-0.1, -0.05) is 35.3 Å². The number of benzene rings is 2.